The molecule has 0 aliphatic rings. The van der Waals surface area contributed by atoms with Crippen molar-refractivity contribution in [3.63, 3.8) is 0 Å². The summed E-state index contributed by atoms with van der Waals surface area (Å²) in [4.78, 5) is 32.4. The van der Waals surface area contributed by atoms with Gasteiger partial charge in [-0.15, -0.1) is 0 Å². The Morgan fingerprint density at radius 2 is 1.50 bits per heavy atom. The molecule has 16 heavy (non-hydrogen) atoms. The zero-order chi connectivity index (χ0) is 12.9. The SMILES string of the molecule is CC(C)C(C)C(OC(N)=O)C(=O)OC(N)=O. The minimum Gasteiger partial charge on any atom is -0.434 e. The van der Waals surface area contributed by atoms with Crippen LogP contribution in [0.4, 0.5) is 9.59 Å². The van der Waals surface area contributed by atoms with E-state index in [1.807, 2.05) is 13.8 Å². The van der Waals surface area contributed by atoms with Crippen molar-refractivity contribution in [2.75, 3.05) is 0 Å². The van der Waals surface area contributed by atoms with Gasteiger partial charge >= 0.3 is 18.2 Å². The lowest BCUT2D eigenvalue weighted by Gasteiger charge is -2.23. The van der Waals surface area contributed by atoms with Crippen LogP contribution in [0.25, 0.3) is 0 Å². The first kappa shape index (κ1) is 14.2. The van der Waals surface area contributed by atoms with Gasteiger partial charge in [0.25, 0.3) is 0 Å². The molecule has 0 heterocycles. The molecule has 0 radical (unpaired) electrons. The minimum absolute atomic E-state index is 0.0322. The number of esters is 1. The molecule has 4 N–H and O–H groups in total. The molecular formula is C9H16N2O5. The number of nitrogens with two attached hydrogens (primary N) is 2. The van der Waals surface area contributed by atoms with E-state index < -0.39 is 24.3 Å². The molecule has 0 fully saturated rings. The average Bonchev–Trinajstić information content (AvgIpc) is 2.11. The van der Waals surface area contributed by atoms with E-state index in [2.05, 4.69) is 15.2 Å². The molecule has 0 aliphatic heterocycles. The molecule has 0 spiro atoms. The second-order valence-corrected chi connectivity index (χ2v) is 3.70. The van der Waals surface area contributed by atoms with Gasteiger partial charge in [-0.25, -0.2) is 14.4 Å². The topological polar surface area (TPSA) is 122 Å². The highest BCUT2D eigenvalue weighted by Crippen LogP contribution is 2.18. The van der Waals surface area contributed by atoms with Gasteiger partial charge in [-0.1, -0.05) is 20.8 Å². The summed E-state index contributed by atoms with van der Waals surface area (Å²) in [6.45, 7) is 5.31. The van der Waals surface area contributed by atoms with Gasteiger partial charge in [0.05, 0.1) is 0 Å². The zero-order valence-electron chi connectivity index (χ0n) is 9.43. The van der Waals surface area contributed by atoms with E-state index in [4.69, 9.17) is 5.73 Å². The van der Waals surface area contributed by atoms with Gasteiger partial charge in [-0.2, -0.15) is 0 Å². The maximum atomic E-state index is 11.4. The highest BCUT2D eigenvalue weighted by atomic mass is 16.6. The van der Waals surface area contributed by atoms with E-state index in [1.165, 1.54) is 0 Å². The molecule has 0 aliphatic carbocycles. The fourth-order valence-corrected chi connectivity index (χ4v) is 1.00. The molecular weight excluding hydrogens is 216 g/mol. The maximum absolute atomic E-state index is 11.4. The fourth-order valence-electron chi connectivity index (χ4n) is 1.00. The molecule has 0 saturated carbocycles. The van der Waals surface area contributed by atoms with Crippen molar-refractivity contribution >= 4 is 18.2 Å². The lowest BCUT2D eigenvalue weighted by Crippen LogP contribution is -2.40. The Hall–Kier alpha value is -1.79. The van der Waals surface area contributed by atoms with Crippen LogP contribution in [-0.4, -0.2) is 24.3 Å². The Kier molecular flexibility index (Phi) is 5.27. The Balaban J connectivity index is 4.71. The minimum atomic E-state index is -1.25. The second-order valence-electron chi connectivity index (χ2n) is 3.70. The molecule has 0 rings (SSSR count). The third-order valence-corrected chi connectivity index (χ3v) is 2.21. The monoisotopic (exact) mass is 232 g/mol. The van der Waals surface area contributed by atoms with E-state index in [-0.39, 0.29) is 11.8 Å². The summed E-state index contributed by atoms with van der Waals surface area (Å²) < 4.78 is 8.74. The van der Waals surface area contributed by atoms with Crippen LogP contribution < -0.4 is 11.5 Å². The fraction of sp³-hybridized carbons (Fsp3) is 0.667. The standard InChI is InChI=1S/C9H16N2O5/c1-4(2)5(3)6(15-8(10)13)7(12)16-9(11)14/h4-6H,1-3H3,(H2,10,13)(H2,11,14). The number of hydrogen-bond donors (Lipinski definition) is 2. The lowest BCUT2D eigenvalue weighted by molar-refractivity contribution is -0.150. The highest BCUT2D eigenvalue weighted by molar-refractivity contribution is 5.87. The maximum Gasteiger partial charge on any atom is 0.412 e. The molecule has 0 bridgehead atoms. The molecule has 2 amide bonds. The van der Waals surface area contributed by atoms with E-state index in [0.717, 1.165) is 0 Å². The van der Waals surface area contributed by atoms with Gasteiger partial charge < -0.3 is 20.9 Å². The van der Waals surface area contributed by atoms with Crippen LogP contribution in [0, 0.1) is 11.8 Å². The number of amides is 2. The van der Waals surface area contributed by atoms with E-state index in [1.54, 1.807) is 6.92 Å². The lowest BCUT2D eigenvalue weighted by atomic mass is 9.92. The van der Waals surface area contributed by atoms with Crippen LogP contribution in [0.1, 0.15) is 20.8 Å². The van der Waals surface area contributed by atoms with Gasteiger partial charge in [0.1, 0.15) is 0 Å². The Labute approximate surface area is 93.1 Å². The number of carbonyl (C=O) groups excluding carboxylic acids is 3. The van der Waals surface area contributed by atoms with Crippen LogP contribution in [0.15, 0.2) is 0 Å². The predicted octanol–water partition coefficient (Wildman–Crippen LogP) is 0.364. The van der Waals surface area contributed by atoms with Crippen molar-refractivity contribution in [3.8, 4) is 0 Å². The second kappa shape index (κ2) is 5.94. The van der Waals surface area contributed by atoms with Crippen molar-refractivity contribution in [1.29, 1.82) is 0 Å². The summed E-state index contributed by atoms with van der Waals surface area (Å²) in [5.41, 5.74) is 9.50. The van der Waals surface area contributed by atoms with Crippen LogP contribution >= 0.6 is 0 Å². The van der Waals surface area contributed by atoms with E-state index in [0.29, 0.717) is 0 Å². The molecule has 7 heteroatoms. The molecule has 0 aromatic rings. The number of hydrogen-bond acceptors (Lipinski definition) is 5. The van der Waals surface area contributed by atoms with Gasteiger partial charge in [0, 0.05) is 5.92 Å². The van der Waals surface area contributed by atoms with Crippen LogP contribution in [0.5, 0.6) is 0 Å². The summed E-state index contributed by atoms with van der Waals surface area (Å²) >= 11 is 0. The Morgan fingerprint density at radius 1 is 1.00 bits per heavy atom. The highest BCUT2D eigenvalue weighted by Gasteiger charge is 2.32. The largest absolute Gasteiger partial charge is 0.434 e. The molecule has 92 valence electrons. The molecule has 2 unspecified atom stereocenters. The number of primary amides is 2. The Bertz CT molecular complexity index is 290. The first-order chi connectivity index (χ1) is 7.25. The number of rotatable bonds is 4. The normalized spacial score (nSPS) is 14.0. The van der Waals surface area contributed by atoms with Crippen molar-refractivity contribution in [1.82, 2.24) is 0 Å². The summed E-state index contributed by atoms with van der Waals surface area (Å²) in [5.74, 6) is -1.34. The van der Waals surface area contributed by atoms with Crippen molar-refractivity contribution in [2.45, 2.75) is 26.9 Å². The van der Waals surface area contributed by atoms with E-state index >= 15 is 0 Å². The predicted molar refractivity (Wildman–Crippen MR) is 54.1 cm³/mol. The van der Waals surface area contributed by atoms with Gasteiger partial charge in [-0.3, -0.25) is 0 Å². The summed E-state index contributed by atoms with van der Waals surface area (Å²) in [6.07, 6.45) is -3.59. The van der Waals surface area contributed by atoms with Crippen molar-refractivity contribution < 1.29 is 23.9 Å². The molecule has 0 aromatic carbocycles. The third-order valence-electron chi connectivity index (χ3n) is 2.21. The van der Waals surface area contributed by atoms with Gasteiger partial charge in [0.15, 0.2) is 0 Å². The number of ether oxygens (including phenoxy) is 2. The van der Waals surface area contributed by atoms with Crippen LogP contribution in [-0.2, 0) is 14.3 Å². The quantitative estimate of drug-likeness (QED) is 0.535. The average molecular weight is 232 g/mol. The smallest absolute Gasteiger partial charge is 0.412 e. The third kappa shape index (κ3) is 4.63. The summed E-state index contributed by atoms with van der Waals surface area (Å²) in [5, 5.41) is 0. The zero-order valence-corrected chi connectivity index (χ0v) is 9.43. The van der Waals surface area contributed by atoms with Crippen molar-refractivity contribution in [3.05, 3.63) is 0 Å². The summed E-state index contributed by atoms with van der Waals surface area (Å²) in [6, 6.07) is 0. The first-order valence-electron chi connectivity index (χ1n) is 4.73. The van der Waals surface area contributed by atoms with Crippen LogP contribution in [0.2, 0.25) is 0 Å². The van der Waals surface area contributed by atoms with Gasteiger partial charge in [0.2, 0.25) is 6.10 Å². The number of carbonyl (C=O) groups is 3. The van der Waals surface area contributed by atoms with E-state index in [9.17, 15) is 14.4 Å². The Morgan fingerprint density at radius 3 is 1.81 bits per heavy atom. The molecule has 7 nitrogen and oxygen atoms in total. The van der Waals surface area contributed by atoms with Crippen molar-refractivity contribution in [2.24, 2.45) is 23.3 Å². The molecule has 0 saturated heterocycles. The summed E-state index contributed by atoms with van der Waals surface area (Å²) in [7, 11) is 0. The van der Waals surface area contributed by atoms with Gasteiger partial charge in [-0.05, 0) is 5.92 Å². The van der Waals surface area contributed by atoms with Crippen LogP contribution in [0.3, 0.4) is 0 Å². The first-order valence-corrected chi connectivity index (χ1v) is 4.73. The molecule has 2 atom stereocenters. The molecule has 0 aromatic heterocycles.